The number of carbonyl (C=O) groups is 2. The Hall–Kier alpha value is -4.06. The van der Waals surface area contributed by atoms with Gasteiger partial charge in [-0.2, -0.15) is 0 Å². The van der Waals surface area contributed by atoms with Crippen molar-refractivity contribution in [3.63, 3.8) is 0 Å². The molecule has 0 saturated carbocycles. The molecule has 0 bridgehead atoms. The van der Waals surface area contributed by atoms with Crippen LogP contribution in [0.15, 0.2) is 72.9 Å². The normalized spacial score (nSPS) is 12.5. The highest BCUT2D eigenvalue weighted by Gasteiger charge is 2.27. The Bertz CT molecular complexity index is 1310. The standard InChI is InChI=1S/C24H16FN3O2/c25-15-7-5-14(6-8-15)23(29)28-21-10-9-16(19-13-27-24(30)22(19)21)17-11-12-26-20-4-2-1-3-18(17)20/h1-12H,13H2,(H,27,30)(H,28,29). The molecule has 0 aliphatic carbocycles. The lowest BCUT2D eigenvalue weighted by Crippen LogP contribution is -2.17. The summed E-state index contributed by atoms with van der Waals surface area (Å²) in [5.41, 5.74) is 4.78. The molecule has 2 amide bonds. The van der Waals surface area contributed by atoms with Crippen LogP contribution in [-0.4, -0.2) is 16.8 Å². The van der Waals surface area contributed by atoms with E-state index in [9.17, 15) is 14.0 Å². The number of amides is 2. The summed E-state index contributed by atoms with van der Waals surface area (Å²) in [4.78, 5) is 29.6. The Morgan fingerprint density at radius 1 is 0.967 bits per heavy atom. The Balaban J connectivity index is 1.59. The average molecular weight is 397 g/mol. The minimum atomic E-state index is -0.416. The first kappa shape index (κ1) is 18.0. The van der Waals surface area contributed by atoms with Gasteiger partial charge in [0.25, 0.3) is 11.8 Å². The molecule has 1 aliphatic rings. The molecule has 0 saturated heterocycles. The maximum Gasteiger partial charge on any atom is 0.255 e. The van der Waals surface area contributed by atoms with Crippen molar-refractivity contribution in [3.8, 4) is 11.1 Å². The molecule has 5 nitrogen and oxygen atoms in total. The van der Waals surface area contributed by atoms with Gasteiger partial charge in [0.05, 0.1) is 16.8 Å². The number of nitrogens with zero attached hydrogens (tertiary/aromatic N) is 1. The third-order valence-electron chi connectivity index (χ3n) is 5.26. The van der Waals surface area contributed by atoms with Gasteiger partial charge in [0.1, 0.15) is 5.82 Å². The van der Waals surface area contributed by atoms with Crippen LogP contribution in [0, 0.1) is 5.82 Å². The van der Waals surface area contributed by atoms with E-state index in [1.54, 1.807) is 12.3 Å². The van der Waals surface area contributed by atoms with Gasteiger partial charge in [-0.1, -0.05) is 24.3 Å². The number of benzene rings is 3. The average Bonchev–Trinajstić information content (AvgIpc) is 3.16. The summed E-state index contributed by atoms with van der Waals surface area (Å²) < 4.78 is 13.1. The third kappa shape index (κ3) is 2.99. The first-order valence-corrected chi connectivity index (χ1v) is 9.47. The molecule has 0 fully saturated rings. The van der Waals surface area contributed by atoms with Crippen LogP contribution in [0.5, 0.6) is 0 Å². The van der Waals surface area contributed by atoms with Gasteiger partial charge in [0.15, 0.2) is 0 Å². The summed E-state index contributed by atoms with van der Waals surface area (Å²) >= 11 is 0. The first-order valence-electron chi connectivity index (χ1n) is 9.47. The van der Waals surface area contributed by atoms with Gasteiger partial charge in [0.2, 0.25) is 0 Å². The Morgan fingerprint density at radius 3 is 2.60 bits per heavy atom. The van der Waals surface area contributed by atoms with Gasteiger partial charge in [-0.05, 0) is 59.2 Å². The van der Waals surface area contributed by atoms with Crippen molar-refractivity contribution in [2.75, 3.05) is 5.32 Å². The molecule has 0 unspecified atom stereocenters. The topological polar surface area (TPSA) is 71.1 Å². The summed E-state index contributed by atoms with van der Waals surface area (Å²) in [6.45, 7) is 0.375. The van der Waals surface area contributed by atoms with Crippen LogP contribution in [0.1, 0.15) is 26.3 Å². The van der Waals surface area contributed by atoms with Crippen molar-refractivity contribution in [3.05, 3.63) is 95.4 Å². The zero-order valence-corrected chi connectivity index (χ0v) is 15.8. The fourth-order valence-electron chi connectivity index (χ4n) is 3.83. The van der Waals surface area contributed by atoms with Crippen molar-refractivity contribution >= 4 is 28.4 Å². The smallest absolute Gasteiger partial charge is 0.255 e. The van der Waals surface area contributed by atoms with Crippen molar-refractivity contribution in [1.29, 1.82) is 0 Å². The van der Waals surface area contributed by atoms with Gasteiger partial charge in [-0.25, -0.2) is 4.39 Å². The van der Waals surface area contributed by atoms with E-state index in [-0.39, 0.29) is 5.91 Å². The molecule has 2 heterocycles. The number of hydrogen-bond acceptors (Lipinski definition) is 3. The van der Waals surface area contributed by atoms with E-state index in [2.05, 4.69) is 15.6 Å². The summed E-state index contributed by atoms with van der Waals surface area (Å²) in [7, 11) is 0. The minimum absolute atomic E-state index is 0.236. The molecule has 5 rings (SSSR count). The number of para-hydroxylation sites is 1. The highest BCUT2D eigenvalue weighted by molar-refractivity contribution is 6.12. The molecule has 6 heteroatoms. The Labute approximate surface area is 171 Å². The minimum Gasteiger partial charge on any atom is -0.348 e. The van der Waals surface area contributed by atoms with E-state index in [1.807, 2.05) is 36.4 Å². The van der Waals surface area contributed by atoms with Crippen LogP contribution in [0.25, 0.3) is 22.0 Å². The Kier molecular flexibility index (Phi) is 4.25. The number of pyridine rings is 1. The van der Waals surface area contributed by atoms with Crippen LogP contribution < -0.4 is 10.6 Å². The quantitative estimate of drug-likeness (QED) is 0.533. The number of anilines is 1. The number of hydrogen-bond donors (Lipinski definition) is 2. The van der Waals surface area contributed by atoms with Crippen LogP contribution in [-0.2, 0) is 6.54 Å². The van der Waals surface area contributed by atoms with Crippen LogP contribution in [0.2, 0.25) is 0 Å². The lowest BCUT2D eigenvalue weighted by atomic mass is 9.93. The fraction of sp³-hybridized carbons (Fsp3) is 0.0417. The molecular formula is C24H16FN3O2. The molecule has 0 spiro atoms. The lowest BCUT2D eigenvalue weighted by Gasteiger charge is -2.14. The van der Waals surface area contributed by atoms with Gasteiger partial charge in [0, 0.05) is 23.7 Å². The van der Waals surface area contributed by atoms with E-state index >= 15 is 0 Å². The number of fused-ring (bicyclic) bond motifs is 2. The lowest BCUT2D eigenvalue weighted by molar-refractivity contribution is 0.0966. The SMILES string of the molecule is O=C(Nc1ccc(-c2ccnc3ccccc23)c2c1C(=O)NC2)c1ccc(F)cc1. The predicted octanol–water partition coefficient (Wildman–Crippen LogP) is 4.54. The van der Waals surface area contributed by atoms with E-state index < -0.39 is 11.7 Å². The van der Waals surface area contributed by atoms with Gasteiger partial charge in [-0.15, -0.1) is 0 Å². The highest BCUT2D eigenvalue weighted by Crippen LogP contribution is 2.36. The molecule has 4 aromatic rings. The second-order valence-corrected chi connectivity index (χ2v) is 7.03. The summed E-state index contributed by atoms with van der Waals surface area (Å²) in [6, 6.07) is 18.7. The van der Waals surface area contributed by atoms with Crippen molar-refractivity contribution in [1.82, 2.24) is 10.3 Å². The fourth-order valence-corrected chi connectivity index (χ4v) is 3.83. The summed E-state index contributed by atoms with van der Waals surface area (Å²) in [5, 5.41) is 6.63. The Morgan fingerprint density at radius 2 is 1.77 bits per heavy atom. The molecule has 3 aromatic carbocycles. The maximum atomic E-state index is 13.1. The van der Waals surface area contributed by atoms with Gasteiger partial charge < -0.3 is 10.6 Å². The van der Waals surface area contributed by atoms with Crippen molar-refractivity contribution < 1.29 is 14.0 Å². The van der Waals surface area contributed by atoms with E-state index in [1.165, 1.54) is 24.3 Å². The van der Waals surface area contributed by atoms with Crippen LogP contribution >= 0.6 is 0 Å². The third-order valence-corrected chi connectivity index (χ3v) is 5.26. The molecule has 146 valence electrons. The molecule has 1 aliphatic heterocycles. The zero-order chi connectivity index (χ0) is 20.7. The molecule has 30 heavy (non-hydrogen) atoms. The van der Waals surface area contributed by atoms with E-state index in [0.717, 1.165) is 27.6 Å². The molecule has 2 N–H and O–H groups in total. The predicted molar refractivity (Wildman–Crippen MR) is 113 cm³/mol. The second kappa shape index (κ2) is 7.08. The maximum absolute atomic E-state index is 13.1. The largest absolute Gasteiger partial charge is 0.348 e. The number of rotatable bonds is 3. The van der Waals surface area contributed by atoms with Crippen LogP contribution in [0.4, 0.5) is 10.1 Å². The highest BCUT2D eigenvalue weighted by atomic mass is 19.1. The molecule has 0 atom stereocenters. The first-order chi connectivity index (χ1) is 14.6. The number of halogens is 1. The summed E-state index contributed by atoms with van der Waals surface area (Å²) in [6.07, 6.45) is 1.75. The number of aromatic nitrogens is 1. The van der Waals surface area contributed by atoms with Gasteiger partial charge in [-0.3, -0.25) is 14.6 Å². The van der Waals surface area contributed by atoms with E-state index in [0.29, 0.717) is 23.4 Å². The molecule has 1 aromatic heterocycles. The van der Waals surface area contributed by atoms with Crippen molar-refractivity contribution in [2.45, 2.75) is 6.54 Å². The molecule has 0 radical (unpaired) electrons. The number of carbonyl (C=O) groups excluding carboxylic acids is 2. The second-order valence-electron chi connectivity index (χ2n) is 7.03. The zero-order valence-electron chi connectivity index (χ0n) is 15.8. The monoisotopic (exact) mass is 397 g/mol. The number of nitrogens with one attached hydrogen (secondary N) is 2. The van der Waals surface area contributed by atoms with Gasteiger partial charge >= 0.3 is 0 Å². The van der Waals surface area contributed by atoms with Crippen molar-refractivity contribution in [2.24, 2.45) is 0 Å². The van der Waals surface area contributed by atoms with E-state index in [4.69, 9.17) is 0 Å². The summed E-state index contributed by atoms with van der Waals surface area (Å²) in [5.74, 6) is -1.06. The molecular weight excluding hydrogens is 381 g/mol. The van der Waals surface area contributed by atoms with Crippen LogP contribution in [0.3, 0.4) is 0 Å².